The van der Waals surface area contributed by atoms with Crippen LogP contribution in [0.3, 0.4) is 0 Å². The molecule has 0 spiro atoms. The van der Waals surface area contributed by atoms with E-state index in [0.717, 1.165) is 15.8 Å². The molecule has 1 aromatic carbocycles. The van der Waals surface area contributed by atoms with Gasteiger partial charge >= 0.3 is 0 Å². The third-order valence-corrected chi connectivity index (χ3v) is 3.26. The Labute approximate surface area is 116 Å². The SMILES string of the molecule is Cc1ccc(-c2cnc(CNC(C)C)o2)c(Br)c1. The molecule has 18 heavy (non-hydrogen) atoms. The Kier molecular flexibility index (Phi) is 4.19. The number of hydrogen-bond donors (Lipinski definition) is 1. The van der Waals surface area contributed by atoms with E-state index >= 15 is 0 Å². The van der Waals surface area contributed by atoms with Gasteiger partial charge in [-0.1, -0.05) is 35.8 Å². The van der Waals surface area contributed by atoms with Crippen LogP contribution in [0.15, 0.2) is 33.3 Å². The zero-order valence-corrected chi connectivity index (χ0v) is 12.4. The van der Waals surface area contributed by atoms with Crippen LogP contribution in [-0.2, 0) is 6.54 Å². The normalized spacial score (nSPS) is 11.2. The molecule has 2 aromatic rings. The van der Waals surface area contributed by atoms with E-state index in [4.69, 9.17) is 4.42 Å². The van der Waals surface area contributed by atoms with E-state index < -0.39 is 0 Å². The molecule has 0 aliphatic carbocycles. The molecular formula is C14H17BrN2O. The van der Waals surface area contributed by atoms with Gasteiger partial charge in [-0.05, 0) is 24.6 Å². The maximum atomic E-state index is 5.74. The second-order valence-corrected chi connectivity index (χ2v) is 5.49. The topological polar surface area (TPSA) is 38.1 Å². The van der Waals surface area contributed by atoms with Crippen LogP contribution < -0.4 is 5.32 Å². The fourth-order valence-corrected chi connectivity index (χ4v) is 2.32. The molecule has 0 amide bonds. The monoisotopic (exact) mass is 308 g/mol. The predicted molar refractivity (Wildman–Crippen MR) is 76.4 cm³/mol. The maximum Gasteiger partial charge on any atom is 0.208 e. The molecule has 0 radical (unpaired) electrons. The molecule has 1 N–H and O–H groups in total. The minimum absolute atomic E-state index is 0.423. The van der Waals surface area contributed by atoms with Gasteiger partial charge in [0.2, 0.25) is 5.89 Å². The lowest BCUT2D eigenvalue weighted by Crippen LogP contribution is -2.21. The predicted octanol–water partition coefficient (Wildman–Crippen LogP) is 3.91. The van der Waals surface area contributed by atoms with Crippen LogP contribution in [0.2, 0.25) is 0 Å². The largest absolute Gasteiger partial charge is 0.439 e. The third-order valence-electron chi connectivity index (χ3n) is 2.61. The Hall–Kier alpha value is -1.13. The Morgan fingerprint density at radius 1 is 1.39 bits per heavy atom. The summed E-state index contributed by atoms with van der Waals surface area (Å²) in [6.07, 6.45) is 1.77. The lowest BCUT2D eigenvalue weighted by molar-refractivity contribution is 0.459. The lowest BCUT2D eigenvalue weighted by atomic mass is 10.1. The first-order valence-corrected chi connectivity index (χ1v) is 6.80. The maximum absolute atomic E-state index is 5.74. The summed E-state index contributed by atoms with van der Waals surface area (Å²) in [5.74, 6) is 1.51. The first kappa shape index (κ1) is 13.3. The highest BCUT2D eigenvalue weighted by atomic mass is 79.9. The zero-order valence-electron chi connectivity index (χ0n) is 10.8. The van der Waals surface area contributed by atoms with Crippen LogP contribution in [0, 0.1) is 6.92 Å². The first-order valence-electron chi connectivity index (χ1n) is 6.01. The number of aromatic nitrogens is 1. The number of benzene rings is 1. The fourth-order valence-electron chi connectivity index (χ4n) is 1.63. The van der Waals surface area contributed by atoms with Crippen LogP contribution >= 0.6 is 15.9 Å². The average molecular weight is 309 g/mol. The third kappa shape index (κ3) is 3.21. The van der Waals surface area contributed by atoms with Crippen molar-refractivity contribution in [2.75, 3.05) is 0 Å². The molecule has 0 unspecified atom stereocenters. The van der Waals surface area contributed by atoms with Crippen molar-refractivity contribution in [3.8, 4) is 11.3 Å². The van der Waals surface area contributed by atoms with E-state index in [-0.39, 0.29) is 0 Å². The van der Waals surface area contributed by atoms with Crippen LogP contribution in [0.4, 0.5) is 0 Å². The number of halogens is 1. The molecule has 2 rings (SSSR count). The highest BCUT2D eigenvalue weighted by Gasteiger charge is 2.09. The fraction of sp³-hybridized carbons (Fsp3) is 0.357. The van der Waals surface area contributed by atoms with Gasteiger partial charge in [-0.3, -0.25) is 0 Å². The Bertz CT molecular complexity index is 534. The van der Waals surface area contributed by atoms with E-state index in [9.17, 15) is 0 Å². The van der Waals surface area contributed by atoms with E-state index in [1.807, 2.05) is 6.07 Å². The first-order chi connectivity index (χ1) is 8.56. The molecule has 3 nitrogen and oxygen atoms in total. The Balaban J connectivity index is 2.18. The summed E-state index contributed by atoms with van der Waals surface area (Å²) in [5.41, 5.74) is 2.25. The van der Waals surface area contributed by atoms with Gasteiger partial charge < -0.3 is 9.73 Å². The summed E-state index contributed by atoms with van der Waals surface area (Å²) >= 11 is 3.55. The van der Waals surface area contributed by atoms with Crippen molar-refractivity contribution >= 4 is 15.9 Å². The van der Waals surface area contributed by atoms with Gasteiger partial charge in [-0.25, -0.2) is 4.98 Å². The Morgan fingerprint density at radius 2 is 2.17 bits per heavy atom. The van der Waals surface area contributed by atoms with Gasteiger partial charge in [-0.2, -0.15) is 0 Å². The van der Waals surface area contributed by atoms with E-state index in [1.165, 1.54) is 5.56 Å². The van der Waals surface area contributed by atoms with E-state index in [0.29, 0.717) is 18.5 Å². The van der Waals surface area contributed by atoms with Gasteiger partial charge in [-0.15, -0.1) is 0 Å². The molecule has 0 saturated heterocycles. The highest BCUT2D eigenvalue weighted by molar-refractivity contribution is 9.10. The molecule has 0 fully saturated rings. The van der Waals surface area contributed by atoms with Gasteiger partial charge in [0.25, 0.3) is 0 Å². The average Bonchev–Trinajstić information content (AvgIpc) is 2.75. The number of oxazole rings is 1. The molecule has 96 valence electrons. The molecule has 0 atom stereocenters. The summed E-state index contributed by atoms with van der Waals surface area (Å²) in [4.78, 5) is 4.28. The zero-order chi connectivity index (χ0) is 13.1. The van der Waals surface area contributed by atoms with Gasteiger partial charge in [0.1, 0.15) is 0 Å². The van der Waals surface area contributed by atoms with Gasteiger partial charge in [0.15, 0.2) is 5.76 Å². The van der Waals surface area contributed by atoms with Crippen molar-refractivity contribution in [1.29, 1.82) is 0 Å². The minimum Gasteiger partial charge on any atom is -0.439 e. The summed E-state index contributed by atoms with van der Waals surface area (Å²) in [6, 6.07) is 6.60. The number of hydrogen-bond acceptors (Lipinski definition) is 3. The Morgan fingerprint density at radius 3 is 2.83 bits per heavy atom. The van der Waals surface area contributed by atoms with Crippen molar-refractivity contribution in [3.05, 3.63) is 40.3 Å². The molecule has 0 bridgehead atoms. The second kappa shape index (κ2) is 5.67. The van der Waals surface area contributed by atoms with Crippen LogP contribution in [-0.4, -0.2) is 11.0 Å². The minimum atomic E-state index is 0.423. The molecule has 1 aromatic heterocycles. The van der Waals surface area contributed by atoms with Crippen molar-refractivity contribution in [2.45, 2.75) is 33.4 Å². The van der Waals surface area contributed by atoms with Crippen LogP contribution in [0.1, 0.15) is 25.3 Å². The summed E-state index contributed by atoms with van der Waals surface area (Å²) in [6.45, 7) is 6.91. The van der Waals surface area contributed by atoms with Gasteiger partial charge in [0, 0.05) is 16.1 Å². The molecule has 0 saturated carbocycles. The summed E-state index contributed by atoms with van der Waals surface area (Å²) in [5, 5.41) is 3.28. The lowest BCUT2D eigenvalue weighted by Gasteiger charge is -2.04. The molecular weight excluding hydrogens is 292 g/mol. The van der Waals surface area contributed by atoms with E-state index in [2.05, 4.69) is 59.1 Å². The van der Waals surface area contributed by atoms with Crippen molar-refractivity contribution < 1.29 is 4.42 Å². The molecule has 4 heteroatoms. The number of aryl methyl sites for hydroxylation is 1. The van der Waals surface area contributed by atoms with Crippen molar-refractivity contribution in [3.63, 3.8) is 0 Å². The summed E-state index contributed by atoms with van der Waals surface area (Å²) < 4.78 is 6.77. The van der Waals surface area contributed by atoms with E-state index in [1.54, 1.807) is 6.20 Å². The van der Waals surface area contributed by atoms with Crippen LogP contribution in [0.5, 0.6) is 0 Å². The number of nitrogens with zero attached hydrogens (tertiary/aromatic N) is 1. The quantitative estimate of drug-likeness (QED) is 0.930. The highest BCUT2D eigenvalue weighted by Crippen LogP contribution is 2.29. The van der Waals surface area contributed by atoms with Crippen molar-refractivity contribution in [1.82, 2.24) is 10.3 Å². The van der Waals surface area contributed by atoms with Crippen molar-refractivity contribution in [2.24, 2.45) is 0 Å². The van der Waals surface area contributed by atoms with Crippen LogP contribution in [0.25, 0.3) is 11.3 Å². The molecule has 1 heterocycles. The standard InChI is InChI=1S/C14H17BrN2O/c1-9(2)16-8-14-17-7-13(18-14)11-5-4-10(3)6-12(11)15/h4-7,9,16H,8H2,1-3H3. The number of rotatable bonds is 4. The molecule has 0 aliphatic rings. The second-order valence-electron chi connectivity index (χ2n) is 4.64. The van der Waals surface area contributed by atoms with Gasteiger partial charge in [0.05, 0.1) is 12.7 Å². The summed E-state index contributed by atoms with van der Waals surface area (Å²) in [7, 11) is 0. The molecule has 0 aliphatic heterocycles. The smallest absolute Gasteiger partial charge is 0.208 e. The number of nitrogens with one attached hydrogen (secondary N) is 1.